The van der Waals surface area contributed by atoms with E-state index in [1.165, 1.54) is 47.3 Å². The summed E-state index contributed by atoms with van der Waals surface area (Å²) in [6, 6.07) is 9.13. The van der Waals surface area contributed by atoms with Crippen molar-refractivity contribution < 1.29 is 9.47 Å². The average Bonchev–Trinajstić information content (AvgIpc) is 3.54. The van der Waals surface area contributed by atoms with Gasteiger partial charge in [0.25, 0.3) is 0 Å². The summed E-state index contributed by atoms with van der Waals surface area (Å²) >= 11 is 1.75. The molecule has 0 aliphatic carbocycles. The van der Waals surface area contributed by atoms with E-state index in [0.717, 1.165) is 68.4 Å². The van der Waals surface area contributed by atoms with E-state index in [0.29, 0.717) is 12.6 Å². The summed E-state index contributed by atoms with van der Waals surface area (Å²) in [6.07, 6.45) is 7.50. The van der Waals surface area contributed by atoms with Crippen molar-refractivity contribution in [2.24, 2.45) is 0 Å². The van der Waals surface area contributed by atoms with Gasteiger partial charge >= 0.3 is 0 Å². The molecule has 1 aromatic carbocycles. The molecular formula is C29H39N5O2S. The van der Waals surface area contributed by atoms with Gasteiger partial charge in [-0.2, -0.15) is 0 Å². The van der Waals surface area contributed by atoms with Crippen LogP contribution in [0.15, 0.2) is 30.6 Å². The first-order valence-electron chi connectivity index (χ1n) is 13.8. The lowest BCUT2D eigenvalue weighted by molar-refractivity contribution is -0.0379. The molecule has 0 amide bonds. The second-order valence-electron chi connectivity index (χ2n) is 11.4. The van der Waals surface area contributed by atoms with Gasteiger partial charge in [-0.25, -0.2) is 9.97 Å². The van der Waals surface area contributed by atoms with Gasteiger partial charge in [-0.1, -0.05) is 12.1 Å². The number of nitrogens with one attached hydrogen (secondary N) is 1. The Balaban J connectivity index is 1.01. The standard InChI is InChI=1S/C29H39N5O2S/c1-29(2)17-24-25(19-36-29)37-28-26(24)27(30-20-31-28)32-22-9-13-34(14-10-22)18-21-5-7-23(8-6-21)35-16-15-33-11-3-4-12-33/h5-8,20,22H,3-4,9-19H2,1-2H3,(H,30,31,32). The number of piperidine rings is 1. The number of anilines is 1. The Labute approximate surface area is 224 Å². The number of thiophene rings is 1. The molecule has 2 fully saturated rings. The van der Waals surface area contributed by atoms with Crippen LogP contribution in [0.3, 0.4) is 0 Å². The summed E-state index contributed by atoms with van der Waals surface area (Å²) in [4.78, 5) is 16.7. The number of rotatable bonds is 8. The van der Waals surface area contributed by atoms with Gasteiger partial charge in [-0.15, -0.1) is 11.3 Å². The zero-order valence-corrected chi connectivity index (χ0v) is 23.0. The molecule has 5 heterocycles. The van der Waals surface area contributed by atoms with E-state index < -0.39 is 0 Å². The predicted molar refractivity (Wildman–Crippen MR) is 150 cm³/mol. The van der Waals surface area contributed by atoms with Gasteiger partial charge in [0.05, 0.1) is 17.6 Å². The maximum Gasteiger partial charge on any atom is 0.138 e. The smallest absolute Gasteiger partial charge is 0.138 e. The summed E-state index contributed by atoms with van der Waals surface area (Å²) in [5, 5.41) is 5.00. The van der Waals surface area contributed by atoms with Crippen LogP contribution in [0.4, 0.5) is 5.82 Å². The number of ether oxygens (including phenoxy) is 2. The third-order valence-corrected chi connectivity index (χ3v) is 9.11. The molecule has 2 saturated heterocycles. The second kappa shape index (κ2) is 10.8. The highest BCUT2D eigenvalue weighted by Gasteiger charge is 2.31. The molecule has 0 spiro atoms. The molecule has 2 aromatic heterocycles. The lowest BCUT2D eigenvalue weighted by Crippen LogP contribution is -2.38. The number of hydrogen-bond acceptors (Lipinski definition) is 8. The SMILES string of the molecule is CC1(C)Cc2c(sc3ncnc(NC4CCN(Cc5ccc(OCCN6CCCC6)cc5)CC4)c23)CO1. The van der Waals surface area contributed by atoms with Crippen molar-refractivity contribution in [1.29, 1.82) is 0 Å². The Morgan fingerprint density at radius 3 is 2.62 bits per heavy atom. The van der Waals surface area contributed by atoms with E-state index >= 15 is 0 Å². The highest BCUT2D eigenvalue weighted by Crippen LogP contribution is 2.40. The van der Waals surface area contributed by atoms with Crippen molar-refractivity contribution in [1.82, 2.24) is 19.8 Å². The summed E-state index contributed by atoms with van der Waals surface area (Å²) in [5.41, 5.74) is 2.59. The zero-order valence-electron chi connectivity index (χ0n) is 22.2. The Kier molecular flexibility index (Phi) is 7.34. The predicted octanol–water partition coefficient (Wildman–Crippen LogP) is 5.09. The number of likely N-dealkylation sites (tertiary alicyclic amines) is 2. The first-order chi connectivity index (χ1) is 18.0. The first kappa shape index (κ1) is 25.0. The molecule has 6 rings (SSSR count). The van der Waals surface area contributed by atoms with Crippen LogP contribution in [0.2, 0.25) is 0 Å². The van der Waals surface area contributed by atoms with Crippen molar-refractivity contribution in [2.45, 2.75) is 70.7 Å². The van der Waals surface area contributed by atoms with Crippen LogP contribution in [0, 0.1) is 0 Å². The van der Waals surface area contributed by atoms with Crippen molar-refractivity contribution in [3.8, 4) is 5.75 Å². The molecule has 198 valence electrons. The molecular weight excluding hydrogens is 482 g/mol. The molecule has 3 aliphatic rings. The van der Waals surface area contributed by atoms with Crippen LogP contribution >= 0.6 is 11.3 Å². The quantitative estimate of drug-likeness (QED) is 0.443. The maximum absolute atomic E-state index is 6.04. The van der Waals surface area contributed by atoms with Gasteiger partial charge in [0, 0.05) is 43.5 Å². The normalized spacial score (nSPS) is 20.8. The minimum Gasteiger partial charge on any atom is -0.492 e. The number of fused-ring (bicyclic) bond motifs is 3. The van der Waals surface area contributed by atoms with Crippen molar-refractivity contribution in [3.63, 3.8) is 0 Å². The molecule has 7 nitrogen and oxygen atoms in total. The molecule has 0 saturated carbocycles. The molecule has 0 unspecified atom stereocenters. The van der Waals surface area contributed by atoms with E-state index in [1.54, 1.807) is 17.7 Å². The van der Waals surface area contributed by atoms with Gasteiger partial charge in [-0.3, -0.25) is 9.80 Å². The van der Waals surface area contributed by atoms with Crippen LogP contribution in [0.1, 0.15) is 55.5 Å². The average molecular weight is 522 g/mol. The molecule has 1 N–H and O–H groups in total. The fourth-order valence-electron chi connectivity index (χ4n) is 5.86. The van der Waals surface area contributed by atoms with Crippen LogP contribution in [-0.4, -0.2) is 70.7 Å². The second-order valence-corrected chi connectivity index (χ2v) is 12.5. The molecule has 3 aliphatic heterocycles. The van der Waals surface area contributed by atoms with Gasteiger partial charge in [0.15, 0.2) is 0 Å². The third-order valence-electron chi connectivity index (χ3n) is 8.00. The van der Waals surface area contributed by atoms with Crippen LogP contribution in [-0.2, 0) is 24.3 Å². The van der Waals surface area contributed by atoms with Crippen molar-refractivity contribution in [2.75, 3.05) is 44.6 Å². The third kappa shape index (κ3) is 5.93. The first-order valence-corrected chi connectivity index (χ1v) is 14.7. The maximum atomic E-state index is 6.04. The topological polar surface area (TPSA) is 62.8 Å². The van der Waals surface area contributed by atoms with Crippen LogP contribution < -0.4 is 10.1 Å². The van der Waals surface area contributed by atoms with E-state index in [2.05, 4.69) is 63.2 Å². The molecule has 0 radical (unpaired) electrons. The van der Waals surface area contributed by atoms with E-state index in [9.17, 15) is 0 Å². The zero-order chi connectivity index (χ0) is 25.2. The largest absolute Gasteiger partial charge is 0.492 e. The molecule has 8 heteroatoms. The monoisotopic (exact) mass is 521 g/mol. The number of hydrogen-bond donors (Lipinski definition) is 1. The Bertz CT molecular complexity index is 1200. The van der Waals surface area contributed by atoms with E-state index in [1.807, 2.05) is 0 Å². The highest BCUT2D eigenvalue weighted by atomic mass is 32.1. The van der Waals surface area contributed by atoms with E-state index in [-0.39, 0.29) is 5.60 Å². The van der Waals surface area contributed by atoms with Crippen molar-refractivity contribution in [3.05, 3.63) is 46.6 Å². The van der Waals surface area contributed by atoms with Crippen LogP contribution in [0.25, 0.3) is 10.2 Å². The minimum absolute atomic E-state index is 0.141. The molecule has 0 bridgehead atoms. The Morgan fingerprint density at radius 1 is 1.05 bits per heavy atom. The lowest BCUT2D eigenvalue weighted by atomic mass is 9.94. The number of aromatic nitrogens is 2. The summed E-state index contributed by atoms with van der Waals surface area (Å²) < 4.78 is 12.0. The van der Waals surface area contributed by atoms with Crippen LogP contribution in [0.5, 0.6) is 5.75 Å². The summed E-state index contributed by atoms with van der Waals surface area (Å²) in [6.45, 7) is 12.4. The molecule has 3 aromatic rings. The summed E-state index contributed by atoms with van der Waals surface area (Å²) in [5.74, 6) is 1.98. The highest BCUT2D eigenvalue weighted by molar-refractivity contribution is 7.18. The molecule has 37 heavy (non-hydrogen) atoms. The van der Waals surface area contributed by atoms with Gasteiger partial charge in [0.2, 0.25) is 0 Å². The minimum atomic E-state index is -0.141. The molecule has 0 atom stereocenters. The van der Waals surface area contributed by atoms with Gasteiger partial charge in [-0.05, 0) is 75.9 Å². The van der Waals surface area contributed by atoms with Gasteiger partial charge < -0.3 is 14.8 Å². The number of nitrogens with zero attached hydrogens (tertiary/aromatic N) is 4. The fraction of sp³-hybridized carbons (Fsp3) is 0.586. The summed E-state index contributed by atoms with van der Waals surface area (Å²) in [7, 11) is 0. The fourth-order valence-corrected chi connectivity index (χ4v) is 6.93. The number of benzene rings is 1. The van der Waals surface area contributed by atoms with E-state index in [4.69, 9.17) is 9.47 Å². The lowest BCUT2D eigenvalue weighted by Gasteiger charge is -2.33. The van der Waals surface area contributed by atoms with Gasteiger partial charge in [0.1, 0.15) is 29.3 Å². The Hall–Kier alpha value is -2.26. The Morgan fingerprint density at radius 2 is 1.84 bits per heavy atom. The van der Waals surface area contributed by atoms with Crippen molar-refractivity contribution >= 4 is 27.4 Å².